The summed E-state index contributed by atoms with van der Waals surface area (Å²) >= 11 is 1.50. The lowest BCUT2D eigenvalue weighted by atomic mass is 9.87. The molecule has 6 rings (SSSR count). The first-order valence-corrected chi connectivity index (χ1v) is 13.2. The number of pyridine rings is 1. The molecule has 2 aromatic heterocycles. The Morgan fingerprint density at radius 2 is 2.14 bits per heavy atom. The van der Waals surface area contributed by atoms with Gasteiger partial charge in [-0.05, 0) is 71.8 Å². The van der Waals surface area contributed by atoms with Crippen molar-refractivity contribution in [3.8, 4) is 11.1 Å². The van der Waals surface area contributed by atoms with Crippen molar-refractivity contribution in [1.29, 1.82) is 0 Å². The summed E-state index contributed by atoms with van der Waals surface area (Å²) in [5, 5.41) is 4.76. The molecule has 0 aliphatic carbocycles. The van der Waals surface area contributed by atoms with Gasteiger partial charge in [0, 0.05) is 55.3 Å². The van der Waals surface area contributed by atoms with Gasteiger partial charge in [0.2, 0.25) is 0 Å². The maximum Gasteiger partial charge on any atom is 0.320 e. The molecule has 184 valence electrons. The summed E-state index contributed by atoms with van der Waals surface area (Å²) in [5.41, 5.74) is 7.90. The van der Waals surface area contributed by atoms with Gasteiger partial charge < -0.3 is 24.3 Å². The smallest absolute Gasteiger partial charge is 0.320 e. The lowest BCUT2D eigenvalue weighted by molar-refractivity contribution is 0.153. The number of hydrogen-bond donors (Lipinski definition) is 2. The van der Waals surface area contributed by atoms with Crippen LogP contribution in [0.2, 0.25) is 0 Å². The van der Waals surface area contributed by atoms with Crippen molar-refractivity contribution in [2.45, 2.75) is 38.5 Å². The van der Waals surface area contributed by atoms with Crippen molar-refractivity contribution in [1.82, 2.24) is 25.1 Å². The number of benzene rings is 1. The van der Waals surface area contributed by atoms with E-state index >= 15 is 0 Å². The maximum absolute atomic E-state index is 13.7. The molecule has 0 spiro atoms. The van der Waals surface area contributed by atoms with Crippen molar-refractivity contribution in [2.75, 3.05) is 38.5 Å². The first kappa shape index (κ1) is 22.8. The van der Waals surface area contributed by atoms with Crippen molar-refractivity contribution >= 4 is 29.1 Å². The molecule has 3 aliphatic heterocycles. The van der Waals surface area contributed by atoms with Gasteiger partial charge in [0.15, 0.2) is 0 Å². The molecule has 7 nitrogen and oxygen atoms in total. The predicted octanol–water partition coefficient (Wildman–Crippen LogP) is 4.37. The number of H-pyrrole nitrogens is 1. The van der Waals surface area contributed by atoms with E-state index in [0.717, 1.165) is 40.9 Å². The number of carbonyl (C=O) groups is 1. The minimum absolute atomic E-state index is 0.0430. The van der Waals surface area contributed by atoms with E-state index in [-0.39, 0.29) is 18.6 Å². The van der Waals surface area contributed by atoms with Gasteiger partial charge >= 0.3 is 6.03 Å². The monoisotopic (exact) mass is 495 g/mol. The number of nitrogens with one attached hydrogen (secondary N) is 2. The van der Waals surface area contributed by atoms with E-state index in [9.17, 15) is 9.18 Å². The lowest BCUT2D eigenvalue weighted by Gasteiger charge is -2.35. The Labute approximate surface area is 208 Å². The largest absolute Gasteiger partial charge is 0.346 e. The molecule has 1 aromatic carbocycles. The second-order valence-corrected chi connectivity index (χ2v) is 10.6. The van der Waals surface area contributed by atoms with Gasteiger partial charge in [0.25, 0.3) is 0 Å². The first-order chi connectivity index (χ1) is 17.1. The summed E-state index contributed by atoms with van der Waals surface area (Å²) in [6, 6.07) is 6.68. The van der Waals surface area contributed by atoms with Crippen molar-refractivity contribution < 1.29 is 13.4 Å². The molecule has 3 aliphatic rings. The molecular weight excluding hydrogens is 465 g/mol. The van der Waals surface area contributed by atoms with Crippen LogP contribution in [0.1, 0.15) is 34.7 Å². The number of aryl methyl sites for hydroxylation is 1. The Kier molecular flexibility index (Phi) is 6.16. The van der Waals surface area contributed by atoms with E-state index in [0.29, 0.717) is 32.7 Å². The number of aromatic amines is 1. The van der Waals surface area contributed by atoms with Gasteiger partial charge in [-0.3, -0.25) is 0 Å². The summed E-state index contributed by atoms with van der Waals surface area (Å²) in [7, 11) is 0. The molecule has 0 radical (unpaired) electrons. The van der Waals surface area contributed by atoms with Gasteiger partial charge in [0.05, 0.1) is 19.2 Å². The second kappa shape index (κ2) is 9.44. The third kappa shape index (κ3) is 4.41. The van der Waals surface area contributed by atoms with E-state index in [1.165, 1.54) is 34.3 Å². The number of likely N-dealkylation sites (tertiary alicyclic amines) is 1. The Morgan fingerprint density at radius 3 is 3.00 bits per heavy atom. The van der Waals surface area contributed by atoms with Crippen molar-refractivity contribution in [3.63, 3.8) is 0 Å². The van der Waals surface area contributed by atoms with Gasteiger partial charge in [0.1, 0.15) is 11.8 Å². The SMILES string of the molecule is Cc1c[nH]c2ncc(-c3cc4c(c(C5COSCCN5)c3)CN(C(=O)N3CCC(F)C3)CC4)cc12. The molecule has 2 unspecified atom stereocenters. The number of amides is 2. The van der Waals surface area contributed by atoms with Crippen LogP contribution in [-0.4, -0.2) is 70.5 Å². The summed E-state index contributed by atoms with van der Waals surface area (Å²) in [6.07, 6.45) is 4.21. The van der Waals surface area contributed by atoms with Crippen LogP contribution >= 0.6 is 12.0 Å². The number of halogens is 1. The zero-order chi connectivity index (χ0) is 23.9. The van der Waals surface area contributed by atoms with Crippen molar-refractivity contribution in [3.05, 3.63) is 52.8 Å². The van der Waals surface area contributed by atoms with Crippen LogP contribution in [0.25, 0.3) is 22.2 Å². The highest BCUT2D eigenvalue weighted by molar-refractivity contribution is 7.94. The molecule has 0 bridgehead atoms. The van der Waals surface area contributed by atoms with Crippen LogP contribution in [0.15, 0.2) is 30.6 Å². The predicted molar refractivity (Wildman–Crippen MR) is 136 cm³/mol. The average Bonchev–Trinajstić information content (AvgIpc) is 3.37. The summed E-state index contributed by atoms with van der Waals surface area (Å²) in [6.45, 7) is 5.40. The van der Waals surface area contributed by atoms with Crippen LogP contribution in [-0.2, 0) is 17.1 Å². The summed E-state index contributed by atoms with van der Waals surface area (Å²) in [4.78, 5) is 24.6. The summed E-state index contributed by atoms with van der Waals surface area (Å²) in [5.74, 6) is 0.899. The number of carbonyl (C=O) groups excluding carboxylic acids is 1. The van der Waals surface area contributed by atoms with Gasteiger partial charge in [-0.1, -0.05) is 6.07 Å². The van der Waals surface area contributed by atoms with E-state index in [1.807, 2.05) is 17.3 Å². The molecule has 5 heterocycles. The van der Waals surface area contributed by atoms with Gasteiger partial charge in [-0.15, -0.1) is 0 Å². The highest BCUT2D eigenvalue weighted by Crippen LogP contribution is 2.35. The molecule has 2 N–H and O–H groups in total. The fraction of sp³-hybridized carbons (Fsp3) is 0.462. The normalized spacial score (nSPS) is 22.9. The third-order valence-electron chi connectivity index (χ3n) is 7.39. The number of aromatic nitrogens is 2. The fourth-order valence-corrected chi connectivity index (χ4v) is 5.98. The molecule has 0 saturated carbocycles. The first-order valence-electron chi connectivity index (χ1n) is 12.3. The Morgan fingerprint density at radius 1 is 1.23 bits per heavy atom. The minimum atomic E-state index is -0.909. The highest BCUT2D eigenvalue weighted by atomic mass is 32.2. The fourth-order valence-electron chi connectivity index (χ4n) is 5.43. The molecule has 35 heavy (non-hydrogen) atoms. The van der Waals surface area contributed by atoms with E-state index in [1.54, 1.807) is 4.90 Å². The number of alkyl halides is 1. The van der Waals surface area contributed by atoms with Crippen molar-refractivity contribution in [2.24, 2.45) is 0 Å². The zero-order valence-corrected chi connectivity index (χ0v) is 20.7. The van der Waals surface area contributed by atoms with Crippen LogP contribution in [0.5, 0.6) is 0 Å². The molecule has 3 aromatic rings. The molecule has 2 amide bonds. The number of urea groups is 1. The quantitative estimate of drug-likeness (QED) is 0.517. The Balaban J connectivity index is 1.38. The maximum atomic E-state index is 13.7. The van der Waals surface area contributed by atoms with Crippen LogP contribution < -0.4 is 5.32 Å². The molecule has 2 fully saturated rings. The number of hydrogen-bond acceptors (Lipinski definition) is 5. The standard InChI is InChI=1S/C26H30FN5O2S/c1-16-11-29-25-21(16)10-19(12-30-25)18-8-17-2-5-32(26(33)31-6-3-20(27)13-31)14-23(17)22(9-18)24-15-34-35-7-4-28-24/h8-12,20,24,28H,2-7,13-15H2,1H3,(H,29,30). The Bertz CT molecular complexity index is 1260. The van der Waals surface area contributed by atoms with Crippen LogP contribution in [0.3, 0.4) is 0 Å². The molecule has 2 atom stereocenters. The topological polar surface area (TPSA) is 73.5 Å². The lowest BCUT2D eigenvalue weighted by Crippen LogP contribution is -2.45. The van der Waals surface area contributed by atoms with E-state index in [2.05, 4.69) is 40.4 Å². The number of nitrogens with zero attached hydrogens (tertiary/aromatic N) is 3. The van der Waals surface area contributed by atoms with E-state index in [4.69, 9.17) is 4.18 Å². The van der Waals surface area contributed by atoms with Crippen LogP contribution in [0.4, 0.5) is 9.18 Å². The zero-order valence-electron chi connectivity index (χ0n) is 19.8. The van der Waals surface area contributed by atoms with Gasteiger partial charge in [-0.2, -0.15) is 0 Å². The molecule has 2 saturated heterocycles. The number of fused-ring (bicyclic) bond motifs is 2. The molecular formula is C26H30FN5O2S. The van der Waals surface area contributed by atoms with E-state index < -0.39 is 6.17 Å². The molecule has 9 heteroatoms. The second-order valence-electron chi connectivity index (χ2n) is 9.69. The minimum Gasteiger partial charge on any atom is -0.346 e. The van der Waals surface area contributed by atoms with Crippen LogP contribution in [0, 0.1) is 6.92 Å². The summed E-state index contributed by atoms with van der Waals surface area (Å²) < 4.78 is 19.6. The third-order valence-corrected chi connectivity index (χ3v) is 8.06. The van der Waals surface area contributed by atoms with Gasteiger partial charge in [-0.25, -0.2) is 14.2 Å². The Hall–Kier alpha value is -2.62. The highest BCUT2D eigenvalue weighted by Gasteiger charge is 2.32. The number of rotatable bonds is 2. The average molecular weight is 496 g/mol.